The van der Waals surface area contributed by atoms with Crippen LogP contribution < -0.4 is 0 Å². The van der Waals surface area contributed by atoms with Gasteiger partial charge in [-0.05, 0) is 46.1 Å². The van der Waals surface area contributed by atoms with E-state index >= 15 is 0 Å². The fourth-order valence-electron chi connectivity index (χ4n) is 3.26. The van der Waals surface area contributed by atoms with Crippen molar-refractivity contribution >= 4 is 17.8 Å². The molecule has 0 fully saturated rings. The van der Waals surface area contributed by atoms with Gasteiger partial charge in [0.1, 0.15) is 11.7 Å². The van der Waals surface area contributed by atoms with E-state index < -0.39 is 29.6 Å². The van der Waals surface area contributed by atoms with Gasteiger partial charge in [-0.1, -0.05) is 42.5 Å². The first-order chi connectivity index (χ1) is 15.0. The molecule has 6 heteroatoms. The maximum Gasteiger partial charge on any atom is 0.307 e. The third-order valence-electron chi connectivity index (χ3n) is 4.97. The molecule has 1 aromatic rings. The van der Waals surface area contributed by atoms with Crippen molar-refractivity contribution in [3.63, 3.8) is 0 Å². The lowest BCUT2D eigenvalue weighted by Gasteiger charge is -2.34. The standard InChI is InChI=1S/C26H37NO5/c1-8-10-17-22(28)31-24(20-15-12-11-13-16-20)19(3)27(7)25(30)21(14-9-2)18-23(29)32-26(4,5)6/h8-9,11-13,15-16,19,21,24H,1-2,10,14,17-18H2,3-7H3/t19-,21?,24-/m0/s1. The van der Waals surface area contributed by atoms with Crippen molar-refractivity contribution in [1.82, 2.24) is 4.90 Å². The van der Waals surface area contributed by atoms with E-state index in [1.54, 1.807) is 40.0 Å². The van der Waals surface area contributed by atoms with Crippen LogP contribution in [0.3, 0.4) is 0 Å². The summed E-state index contributed by atoms with van der Waals surface area (Å²) in [7, 11) is 1.66. The molecule has 0 radical (unpaired) electrons. The third-order valence-corrected chi connectivity index (χ3v) is 4.97. The Labute approximate surface area is 192 Å². The Balaban J connectivity index is 3.05. The Hall–Kier alpha value is -2.89. The minimum atomic E-state index is -0.645. The van der Waals surface area contributed by atoms with Crippen LogP contribution in [0.4, 0.5) is 0 Å². The molecule has 1 rings (SSSR count). The Morgan fingerprint density at radius 1 is 1.06 bits per heavy atom. The number of likely N-dealkylation sites (N-methyl/N-ethyl adjacent to an activating group) is 1. The van der Waals surface area contributed by atoms with Gasteiger partial charge in [0.2, 0.25) is 5.91 Å². The zero-order valence-electron chi connectivity index (χ0n) is 20.0. The zero-order valence-corrected chi connectivity index (χ0v) is 20.0. The summed E-state index contributed by atoms with van der Waals surface area (Å²) in [5.74, 6) is -1.63. The van der Waals surface area contributed by atoms with Crippen molar-refractivity contribution < 1.29 is 23.9 Å². The van der Waals surface area contributed by atoms with E-state index in [9.17, 15) is 14.4 Å². The molecule has 0 aromatic heterocycles. The van der Waals surface area contributed by atoms with E-state index in [1.165, 1.54) is 4.90 Å². The van der Waals surface area contributed by atoms with Crippen LogP contribution in [0.5, 0.6) is 0 Å². The molecule has 0 saturated carbocycles. The molecule has 3 atom stereocenters. The first kappa shape index (κ1) is 27.1. The predicted octanol–water partition coefficient (Wildman–Crippen LogP) is 5.01. The lowest BCUT2D eigenvalue weighted by Crippen LogP contribution is -2.44. The van der Waals surface area contributed by atoms with Gasteiger partial charge in [-0.2, -0.15) is 0 Å². The van der Waals surface area contributed by atoms with Gasteiger partial charge in [-0.15, -0.1) is 13.2 Å². The number of hydrogen-bond acceptors (Lipinski definition) is 5. The summed E-state index contributed by atoms with van der Waals surface area (Å²) >= 11 is 0. The molecule has 32 heavy (non-hydrogen) atoms. The summed E-state index contributed by atoms with van der Waals surface area (Å²) < 4.78 is 11.2. The average Bonchev–Trinajstić information content (AvgIpc) is 2.73. The molecule has 0 saturated heterocycles. The highest BCUT2D eigenvalue weighted by Crippen LogP contribution is 2.27. The van der Waals surface area contributed by atoms with Gasteiger partial charge < -0.3 is 14.4 Å². The molecule has 0 heterocycles. The van der Waals surface area contributed by atoms with Gasteiger partial charge >= 0.3 is 11.9 Å². The second-order valence-electron chi connectivity index (χ2n) is 8.85. The van der Waals surface area contributed by atoms with Crippen molar-refractivity contribution in [2.45, 2.75) is 71.1 Å². The van der Waals surface area contributed by atoms with Crippen molar-refractivity contribution in [3.05, 3.63) is 61.2 Å². The zero-order chi connectivity index (χ0) is 24.3. The second kappa shape index (κ2) is 12.8. The first-order valence-corrected chi connectivity index (χ1v) is 10.9. The van der Waals surface area contributed by atoms with Crippen LogP contribution >= 0.6 is 0 Å². The minimum absolute atomic E-state index is 0.0473. The molecule has 1 amide bonds. The quantitative estimate of drug-likeness (QED) is 0.335. The number of ether oxygens (including phenoxy) is 2. The minimum Gasteiger partial charge on any atom is -0.460 e. The highest BCUT2D eigenvalue weighted by Gasteiger charge is 2.33. The van der Waals surface area contributed by atoms with Crippen molar-refractivity contribution in [1.29, 1.82) is 0 Å². The Morgan fingerprint density at radius 2 is 1.69 bits per heavy atom. The topological polar surface area (TPSA) is 72.9 Å². The van der Waals surface area contributed by atoms with E-state index in [1.807, 2.05) is 37.3 Å². The number of hydrogen-bond donors (Lipinski definition) is 0. The number of rotatable bonds is 12. The van der Waals surface area contributed by atoms with Crippen LogP contribution in [0.15, 0.2) is 55.6 Å². The summed E-state index contributed by atoms with van der Waals surface area (Å²) in [5, 5.41) is 0. The van der Waals surface area contributed by atoms with Gasteiger partial charge in [0.15, 0.2) is 0 Å². The molecule has 0 aliphatic heterocycles. The van der Waals surface area contributed by atoms with E-state index in [0.717, 1.165) is 5.56 Å². The van der Waals surface area contributed by atoms with Gasteiger partial charge in [0, 0.05) is 13.5 Å². The number of nitrogens with zero attached hydrogens (tertiary/aromatic N) is 1. The first-order valence-electron chi connectivity index (χ1n) is 10.9. The lowest BCUT2D eigenvalue weighted by atomic mass is 9.96. The highest BCUT2D eigenvalue weighted by atomic mass is 16.6. The maximum absolute atomic E-state index is 13.3. The van der Waals surface area contributed by atoms with Crippen LogP contribution in [0.1, 0.15) is 65.0 Å². The Morgan fingerprint density at radius 3 is 2.22 bits per heavy atom. The van der Waals surface area contributed by atoms with Crippen LogP contribution in [0, 0.1) is 5.92 Å². The fourth-order valence-corrected chi connectivity index (χ4v) is 3.26. The summed E-state index contributed by atoms with van der Waals surface area (Å²) in [6.45, 7) is 14.5. The smallest absolute Gasteiger partial charge is 0.307 e. The normalized spacial score (nSPS) is 13.9. The summed E-state index contributed by atoms with van der Waals surface area (Å²) in [5.41, 5.74) is 0.162. The number of carbonyl (C=O) groups is 3. The molecule has 1 aromatic carbocycles. The van der Waals surface area contributed by atoms with Gasteiger partial charge in [0.05, 0.1) is 18.4 Å². The molecule has 0 aliphatic carbocycles. The summed E-state index contributed by atoms with van der Waals surface area (Å²) in [4.78, 5) is 39.5. The number of esters is 2. The maximum atomic E-state index is 13.3. The number of allylic oxidation sites excluding steroid dienone is 2. The fraction of sp³-hybridized carbons (Fsp3) is 0.500. The second-order valence-corrected chi connectivity index (χ2v) is 8.85. The predicted molar refractivity (Wildman–Crippen MR) is 126 cm³/mol. The van der Waals surface area contributed by atoms with Crippen LogP contribution in [-0.2, 0) is 23.9 Å². The SMILES string of the molecule is C=CCCC(=O)O[C@H](c1ccccc1)[C@H](C)N(C)C(=O)C(CC=C)CC(=O)OC(C)(C)C. The molecule has 1 unspecified atom stereocenters. The van der Waals surface area contributed by atoms with E-state index in [2.05, 4.69) is 13.2 Å². The molecule has 176 valence electrons. The summed E-state index contributed by atoms with van der Waals surface area (Å²) in [6.07, 6.45) is 3.66. The van der Waals surface area contributed by atoms with E-state index in [4.69, 9.17) is 9.47 Å². The number of amides is 1. The van der Waals surface area contributed by atoms with E-state index in [0.29, 0.717) is 12.8 Å². The van der Waals surface area contributed by atoms with Gasteiger partial charge in [0.25, 0.3) is 0 Å². The lowest BCUT2D eigenvalue weighted by molar-refractivity contribution is -0.160. The Bertz CT molecular complexity index is 781. The summed E-state index contributed by atoms with van der Waals surface area (Å²) in [6, 6.07) is 8.86. The third kappa shape index (κ3) is 9.08. The Kier molecular flexibility index (Phi) is 10.9. The highest BCUT2D eigenvalue weighted by molar-refractivity contribution is 5.84. The van der Waals surface area contributed by atoms with Crippen LogP contribution in [0.25, 0.3) is 0 Å². The monoisotopic (exact) mass is 443 g/mol. The van der Waals surface area contributed by atoms with Crippen LogP contribution in [-0.4, -0.2) is 41.4 Å². The molecule has 0 N–H and O–H groups in total. The molecular weight excluding hydrogens is 406 g/mol. The van der Waals surface area contributed by atoms with Crippen molar-refractivity contribution in [2.75, 3.05) is 7.05 Å². The molecule has 6 nitrogen and oxygen atoms in total. The van der Waals surface area contributed by atoms with Gasteiger partial charge in [-0.3, -0.25) is 14.4 Å². The molecule has 0 bridgehead atoms. The molecule has 0 aliphatic rings. The average molecular weight is 444 g/mol. The number of carbonyl (C=O) groups excluding carboxylic acids is 3. The van der Waals surface area contributed by atoms with Crippen molar-refractivity contribution in [2.24, 2.45) is 5.92 Å². The van der Waals surface area contributed by atoms with Gasteiger partial charge in [-0.25, -0.2) is 0 Å². The molecule has 0 spiro atoms. The number of benzene rings is 1. The van der Waals surface area contributed by atoms with E-state index in [-0.39, 0.29) is 24.7 Å². The molecular formula is C26H37NO5. The van der Waals surface area contributed by atoms with Crippen LogP contribution in [0.2, 0.25) is 0 Å². The largest absolute Gasteiger partial charge is 0.460 e. The van der Waals surface area contributed by atoms with Crippen molar-refractivity contribution in [3.8, 4) is 0 Å².